The molecule has 0 atom stereocenters. The molecule has 0 aromatic carbocycles. The standard InChI is InChI=1S/C13H15N3O2S/c1-9(2)16-6-4-10(15-16)8-19-11-3-5-14-12(7-11)13(17)18/h3-7,9H,8H2,1-2H3,(H,17,18). The summed E-state index contributed by atoms with van der Waals surface area (Å²) in [5.41, 5.74) is 1.05. The molecule has 2 heterocycles. The normalized spacial score (nSPS) is 10.9. The number of aromatic nitrogens is 3. The highest BCUT2D eigenvalue weighted by Gasteiger charge is 2.07. The van der Waals surface area contributed by atoms with E-state index in [1.807, 2.05) is 16.9 Å². The zero-order valence-corrected chi connectivity index (χ0v) is 11.6. The van der Waals surface area contributed by atoms with Crippen LogP contribution in [0.5, 0.6) is 0 Å². The number of nitrogens with zero attached hydrogens (tertiary/aromatic N) is 3. The van der Waals surface area contributed by atoms with E-state index in [-0.39, 0.29) is 5.69 Å². The number of thioether (sulfide) groups is 1. The van der Waals surface area contributed by atoms with Gasteiger partial charge in [-0.1, -0.05) is 0 Å². The number of hydrogen-bond donors (Lipinski definition) is 1. The van der Waals surface area contributed by atoms with Gasteiger partial charge in [0, 0.05) is 29.1 Å². The van der Waals surface area contributed by atoms with Crippen LogP contribution >= 0.6 is 11.8 Å². The Bertz CT molecular complexity index is 581. The highest BCUT2D eigenvalue weighted by atomic mass is 32.2. The Morgan fingerprint density at radius 1 is 1.47 bits per heavy atom. The molecule has 0 aliphatic carbocycles. The molecule has 19 heavy (non-hydrogen) atoms. The maximum absolute atomic E-state index is 10.8. The second-order valence-corrected chi connectivity index (χ2v) is 5.40. The Kier molecular flexibility index (Phi) is 4.21. The van der Waals surface area contributed by atoms with Crippen LogP contribution in [0.4, 0.5) is 0 Å². The molecule has 5 nitrogen and oxygen atoms in total. The van der Waals surface area contributed by atoms with Crippen LogP contribution in [0.25, 0.3) is 0 Å². The maximum Gasteiger partial charge on any atom is 0.354 e. The van der Waals surface area contributed by atoms with Crippen LogP contribution in [-0.2, 0) is 5.75 Å². The van der Waals surface area contributed by atoms with Crippen LogP contribution in [0, 0.1) is 0 Å². The lowest BCUT2D eigenvalue weighted by Crippen LogP contribution is -2.01. The Morgan fingerprint density at radius 2 is 2.26 bits per heavy atom. The molecule has 0 fully saturated rings. The molecule has 0 saturated carbocycles. The molecule has 0 amide bonds. The topological polar surface area (TPSA) is 68.0 Å². The number of carboxylic acids is 1. The molecule has 100 valence electrons. The summed E-state index contributed by atoms with van der Waals surface area (Å²) in [6.07, 6.45) is 3.47. The Morgan fingerprint density at radius 3 is 2.89 bits per heavy atom. The number of aromatic carboxylic acids is 1. The highest BCUT2D eigenvalue weighted by Crippen LogP contribution is 2.22. The average Bonchev–Trinajstić information content (AvgIpc) is 2.85. The van der Waals surface area contributed by atoms with Crippen molar-refractivity contribution in [3.63, 3.8) is 0 Å². The van der Waals surface area contributed by atoms with Gasteiger partial charge >= 0.3 is 5.97 Å². The zero-order chi connectivity index (χ0) is 13.8. The lowest BCUT2D eigenvalue weighted by atomic mass is 10.3. The van der Waals surface area contributed by atoms with E-state index in [2.05, 4.69) is 23.9 Å². The minimum absolute atomic E-state index is 0.0673. The third-order valence-electron chi connectivity index (χ3n) is 2.53. The molecule has 0 saturated heterocycles. The van der Waals surface area contributed by atoms with Crippen molar-refractivity contribution in [1.82, 2.24) is 14.8 Å². The SMILES string of the molecule is CC(C)n1ccc(CSc2ccnc(C(=O)O)c2)n1. The van der Waals surface area contributed by atoms with Crippen LogP contribution in [0.1, 0.15) is 36.1 Å². The largest absolute Gasteiger partial charge is 0.477 e. The number of hydrogen-bond acceptors (Lipinski definition) is 4. The Labute approximate surface area is 115 Å². The summed E-state index contributed by atoms with van der Waals surface area (Å²) in [6, 6.07) is 5.70. The molecule has 2 aromatic heterocycles. The smallest absolute Gasteiger partial charge is 0.354 e. The van der Waals surface area contributed by atoms with E-state index in [0.29, 0.717) is 11.8 Å². The third kappa shape index (κ3) is 3.57. The molecular weight excluding hydrogens is 262 g/mol. The second-order valence-electron chi connectivity index (χ2n) is 4.35. The predicted molar refractivity (Wildman–Crippen MR) is 73.4 cm³/mol. The van der Waals surface area contributed by atoms with Gasteiger partial charge in [-0.2, -0.15) is 5.10 Å². The van der Waals surface area contributed by atoms with Gasteiger partial charge in [0.15, 0.2) is 0 Å². The van der Waals surface area contributed by atoms with Crippen molar-refractivity contribution in [2.45, 2.75) is 30.5 Å². The molecule has 2 aromatic rings. The molecular formula is C13H15N3O2S. The molecule has 0 unspecified atom stereocenters. The van der Waals surface area contributed by atoms with Gasteiger partial charge in [-0.25, -0.2) is 9.78 Å². The van der Waals surface area contributed by atoms with Gasteiger partial charge in [0.05, 0.1) is 5.69 Å². The molecule has 0 aliphatic rings. The summed E-state index contributed by atoms with van der Waals surface area (Å²) in [6.45, 7) is 4.15. The number of rotatable bonds is 5. The van der Waals surface area contributed by atoms with Crippen molar-refractivity contribution in [3.8, 4) is 0 Å². The fourth-order valence-corrected chi connectivity index (χ4v) is 2.34. The van der Waals surface area contributed by atoms with Gasteiger partial charge in [-0.3, -0.25) is 4.68 Å². The summed E-state index contributed by atoms with van der Waals surface area (Å²) in [7, 11) is 0. The minimum atomic E-state index is -1.01. The predicted octanol–water partition coefficient (Wildman–Crippen LogP) is 2.85. The fraction of sp³-hybridized carbons (Fsp3) is 0.308. The van der Waals surface area contributed by atoms with E-state index in [0.717, 1.165) is 10.6 Å². The van der Waals surface area contributed by atoms with Crippen molar-refractivity contribution in [2.24, 2.45) is 0 Å². The summed E-state index contributed by atoms with van der Waals surface area (Å²) in [5, 5.41) is 13.3. The number of pyridine rings is 1. The van der Waals surface area contributed by atoms with E-state index in [9.17, 15) is 4.79 Å². The van der Waals surface area contributed by atoms with E-state index in [1.54, 1.807) is 23.9 Å². The quantitative estimate of drug-likeness (QED) is 0.851. The van der Waals surface area contributed by atoms with Crippen molar-refractivity contribution in [2.75, 3.05) is 0 Å². The van der Waals surface area contributed by atoms with Crippen molar-refractivity contribution in [1.29, 1.82) is 0 Å². The average molecular weight is 277 g/mol. The fourth-order valence-electron chi connectivity index (χ4n) is 1.52. The van der Waals surface area contributed by atoms with Crippen LogP contribution in [0.15, 0.2) is 35.5 Å². The van der Waals surface area contributed by atoms with Gasteiger partial charge in [0.25, 0.3) is 0 Å². The van der Waals surface area contributed by atoms with Crippen LogP contribution in [0.3, 0.4) is 0 Å². The van der Waals surface area contributed by atoms with E-state index >= 15 is 0 Å². The van der Waals surface area contributed by atoms with E-state index in [1.165, 1.54) is 6.20 Å². The van der Waals surface area contributed by atoms with Gasteiger partial charge in [0.2, 0.25) is 0 Å². The maximum atomic E-state index is 10.8. The van der Waals surface area contributed by atoms with Crippen LogP contribution in [0.2, 0.25) is 0 Å². The van der Waals surface area contributed by atoms with E-state index in [4.69, 9.17) is 5.11 Å². The van der Waals surface area contributed by atoms with E-state index < -0.39 is 5.97 Å². The Balaban J connectivity index is 2.01. The Hall–Kier alpha value is -1.82. The lowest BCUT2D eigenvalue weighted by Gasteiger charge is -2.04. The zero-order valence-electron chi connectivity index (χ0n) is 10.8. The summed E-state index contributed by atoms with van der Waals surface area (Å²) >= 11 is 1.55. The summed E-state index contributed by atoms with van der Waals surface area (Å²) < 4.78 is 1.91. The van der Waals surface area contributed by atoms with Gasteiger partial charge < -0.3 is 5.11 Å². The highest BCUT2D eigenvalue weighted by molar-refractivity contribution is 7.98. The first-order valence-corrected chi connectivity index (χ1v) is 6.91. The van der Waals surface area contributed by atoms with Crippen molar-refractivity contribution >= 4 is 17.7 Å². The second kappa shape index (κ2) is 5.88. The van der Waals surface area contributed by atoms with Crippen LogP contribution in [-0.4, -0.2) is 25.8 Å². The monoisotopic (exact) mass is 277 g/mol. The number of carboxylic acid groups (broad SMARTS) is 1. The van der Waals surface area contributed by atoms with Gasteiger partial charge in [0.1, 0.15) is 5.69 Å². The molecule has 6 heteroatoms. The first kappa shape index (κ1) is 13.6. The third-order valence-corrected chi connectivity index (χ3v) is 3.56. The molecule has 0 radical (unpaired) electrons. The first-order chi connectivity index (χ1) is 9.06. The molecule has 0 bridgehead atoms. The molecule has 1 N–H and O–H groups in total. The summed E-state index contributed by atoms with van der Waals surface area (Å²) in [4.78, 5) is 15.5. The molecule has 2 rings (SSSR count). The summed E-state index contributed by atoms with van der Waals surface area (Å²) in [5.74, 6) is -0.297. The van der Waals surface area contributed by atoms with Crippen molar-refractivity contribution in [3.05, 3.63) is 42.0 Å². The van der Waals surface area contributed by atoms with Gasteiger partial charge in [-0.05, 0) is 32.0 Å². The lowest BCUT2D eigenvalue weighted by molar-refractivity contribution is 0.0690. The molecule has 0 aliphatic heterocycles. The van der Waals surface area contributed by atoms with Crippen LogP contribution < -0.4 is 0 Å². The first-order valence-electron chi connectivity index (χ1n) is 5.92. The molecule has 0 spiro atoms. The minimum Gasteiger partial charge on any atom is -0.477 e. The van der Waals surface area contributed by atoms with Gasteiger partial charge in [-0.15, -0.1) is 11.8 Å². The number of carbonyl (C=O) groups is 1. The van der Waals surface area contributed by atoms with Crippen molar-refractivity contribution < 1.29 is 9.90 Å².